The molecule has 1 fully saturated rings. The van der Waals surface area contributed by atoms with E-state index in [2.05, 4.69) is 20.8 Å². The summed E-state index contributed by atoms with van der Waals surface area (Å²) < 4.78 is 11.7. The summed E-state index contributed by atoms with van der Waals surface area (Å²) in [5.41, 5.74) is 0. The lowest BCUT2D eigenvalue weighted by molar-refractivity contribution is -0.135. The average molecular weight is 392 g/mol. The Kier molecular flexibility index (Phi) is 4.93. The Hall–Kier alpha value is -2.33. The van der Waals surface area contributed by atoms with E-state index in [4.69, 9.17) is 9.47 Å². The molecule has 2 aromatic rings. The first-order chi connectivity index (χ1) is 12.7. The third-order valence-corrected chi connectivity index (χ3v) is 5.69. The summed E-state index contributed by atoms with van der Waals surface area (Å²) in [4.78, 5) is 24.2. The summed E-state index contributed by atoms with van der Waals surface area (Å²) in [6.07, 6.45) is 1.46. The van der Waals surface area contributed by atoms with Crippen molar-refractivity contribution in [1.82, 2.24) is 15.5 Å². The van der Waals surface area contributed by atoms with Gasteiger partial charge < -0.3 is 14.8 Å². The largest absolute Gasteiger partial charge is 0.485 e. The summed E-state index contributed by atoms with van der Waals surface area (Å²) in [5.74, 6) is 0.233. The molecule has 1 aromatic heterocycles. The first kappa shape index (κ1) is 17.1. The van der Waals surface area contributed by atoms with Crippen LogP contribution in [0.25, 0.3) is 0 Å². The van der Waals surface area contributed by atoms with E-state index >= 15 is 0 Å². The number of rotatable bonds is 6. The molecule has 1 aromatic carbocycles. The van der Waals surface area contributed by atoms with E-state index in [1.165, 1.54) is 23.1 Å². The minimum Gasteiger partial charge on any atom is -0.485 e. The van der Waals surface area contributed by atoms with Gasteiger partial charge in [0.05, 0.1) is 5.75 Å². The predicted octanol–water partition coefficient (Wildman–Crippen LogP) is 1.69. The van der Waals surface area contributed by atoms with Crippen LogP contribution in [0.3, 0.4) is 0 Å². The van der Waals surface area contributed by atoms with Crippen molar-refractivity contribution in [3.63, 3.8) is 0 Å². The third-order valence-electron chi connectivity index (χ3n) is 3.70. The second kappa shape index (κ2) is 7.50. The molecule has 2 aliphatic rings. The summed E-state index contributed by atoms with van der Waals surface area (Å²) in [6, 6.07) is 7.60. The number of nitrogens with one attached hydrogen (secondary N) is 2. The molecule has 1 atom stereocenters. The first-order valence-electron chi connectivity index (χ1n) is 8.12. The first-order valence-corrected chi connectivity index (χ1v) is 9.92. The van der Waals surface area contributed by atoms with Crippen molar-refractivity contribution in [3.8, 4) is 11.5 Å². The van der Waals surface area contributed by atoms with Crippen LogP contribution in [0, 0.1) is 0 Å². The highest BCUT2D eigenvalue weighted by atomic mass is 32.2. The predicted molar refractivity (Wildman–Crippen MR) is 96.8 cm³/mol. The molecule has 26 heavy (non-hydrogen) atoms. The molecule has 0 bridgehead atoms. The Morgan fingerprint density at radius 3 is 2.85 bits per heavy atom. The highest BCUT2D eigenvalue weighted by Crippen LogP contribution is 2.31. The van der Waals surface area contributed by atoms with E-state index in [1.54, 1.807) is 18.2 Å². The smallest absolute Gasteiger partial charge is 0.271 e. The van der Waals surface area contributed by atoms with E-state index in [1.807, 2.05) is 6.07 Å². The lowest BCUT2D eigenvalue weighted by Gasteiger charge is -2.25. The maximum absolute atomic E-state index is 12.2. The van der Waals surface area contributed by atoms with Crippen LogP contribution in [0.2, 0.25) is 0 Å². The average Bonchev–Trinajstić information content (AvgIpc) is 3.35. The number of carbonyl (C=O) groups excluding carboxylic acids is 2. The minimum absolute atomic E-state index is 0.0653. The van der Waals surface area contributed by atoms with Crippen LogP contribution in [-0.4, -0.2) is 46.5 Å². The van der Waals surface area contributed by atoms with Crippen molar-refractivity contribution >= 4 is 40.0 Å². The van der Waals surface area contributed by atoms with Crippen molar-refractivity contribution in [2.75, 3.05) is 17.7 Å². The Labute approximate surface area is 157 Å². The number of thioether (sulfide) groups is 1. The Morgan fingerprint density at radius 1 is 1.23 bits per heavy atom. The van der Waals surface area contributed by atoms with Gasteiger partial charge in [-0.05, 0) is 25.0 Å². The van der Waals surface area contributed by atoms with E-state index in [9.17, 15) is 9.59 Å². The topological polar surface area (TPSA) is 102 Å². The highest BCUT2D eigenvalue weighted by molar-refractivity contribution is 8.01. The van der Waals surface area contributed by atoms with Gasteiger partial charge in [0.1, 0.15) is 6.61 Å². The SMILES string of the molecule is O=C(CSc1nnc(NC2CC2)s1)NC(=O)C1COc2ccccc2O1. The fourth-order valence-electron chi connectivity index (χ4n) is 2.26. The molecular formula is C16H16N4O4S2. The van der Waals surface area contributed by atoms with Crippen molar-refractivity contribution in [2.24, 2.45) is 0 Å². The van der Waals surface area contributed by atoms with Crippen LogP contribution in [0.5, 0.6) is 11.5 Å². The van der Waals surface area contributed by atoms with Gasteiger partial charge in [0.25, 0.3) is 5.91 Å². The van der Waals surface area contributed by atoms with Gasteiger partial charge in [-0.15, -0.1) is 10.2 Å². The number of imide groups is 1. The van der Waals surface area contributed by atoms with E-state index in [0.717, 1.165) is 18.0 Å². The molecule has 2 amide bonds. The highest BCUT2D eigenvalue weighted by Gasteiger charge is 2.28. The van der Waals surface area contributed by atoms with Gasteiger partial charge in [0.15, 0.2) is 15.8 Å². The molecule has 1 aliphatic heterocycles. The summed E-state index contributed by atoms with van der Waals surface area (Å²) in [5, 5.41) is 14.4. The number of anilines is 1. The maximum Gasteiger partial charge on any atom is 0.271 e. The number of aromatic nitrogens is 2. The second-order valence-corrected chi connectivity index (χ2v) is 8.06. The van der Waals surface area contributed by atoms with Gasteiger partial charge in [-0.3, -0.25) is 14.9 Å². The molecule has 1 unspecified atom stereocenters. The normalized spacial score (nSPS) is 18.2. The zero-order valence-electron chi connectivity index (χ0n) is 13.6. The molecular weight excluding hydrogens is 376 g/mol. The molecule has 8 nitrogen and oxygen atoms in total. The number of para-hydroxylation sites is 2. The summed E-state index contributed by atoms with van der Waals surface area (Å²) in [6.45, 7) is 0.0653. The molecule has 136 valence electrons. The van der Waals surface area contributed by atoms with Crippen LogP contribution >= 0.6 is 23.1 Å². The number of fused-ring (bicyclic) bond motifs is 1. The molecule has 2 heterocycles. The lowest BCUT2D eigenvalue weighted by Crippen LogP contribution is -2.46. The fraction of sp³-hybridized carbons (Fsp3) is 0.375. The maximum atomic E-state index is 12.2. The molecule has 0 spiro atoms. The molecule has 0 radical (unpaired) electrons. The van der Waals surface area contributed by atoms with Crippen LogP contribution in [-0.2, 0) is 9.59 Å². The third kappa shape index (κ3) is 4.25. The molecule has 1 aliphatic carbocycles. The monoisotopic (exact) mass is 392 g/mol. The number of nitrogens with zero attached hydrogens (tertiary/aromatic N) is 2. The van der Waals surface area contributed by atoms with Gasteiger partial charge in [-0.25, -0.2) is 0 Å². The van der Waals surface area contributed by atoms with Gasteiger partial charge in [0, 0.05) is 6.04 Å². The second-order valence-electron chi connectivity index (χ2n) is 5.86. The van der Waals surface area contributed by atoms with Gasteiger partial charge in [-0.1, -0.05) is 35.2 Å². The zero-order chi connectivity index (χ0) is 17.9. The standard InChI is InChI=1S/C16H16N4O4S2/c21-13(8-25-16-20-19-15(26-16)17-9-5-6-9)18-14(22)12-7-23-10-3-1-2-4-11(10)24-12/h1-4,9,12H,5-8H2,(H,17,19)(H,18,21,22). The Balaban J connectivity index is 1.24. The van der Waals surface area contributed by atoms with Gasteiger partial charge >= 0.3 is 0 Å². The quantitative estimate of drug-likeness (QED) is 0.716. The number of carbonyl (C=O) groups is 2. The Morgan fingerprint density at radius 2 is 2.04 bits per heavy atom. The van der Waals surface area contributed by atoms with Gasteiger partial charge in [-0.2, -0.15) is 0 Å². The van der Waals surface area contributed by atoms with E-state index in [-0.39, 0.29) is 12.4 Å². The summed E-state index contributed by atoms with van der Waals surface area (Å²) >= 11 is 2.65. The fourth-order valence-corrected chi connectivity index (χ4v) is 3.89. The van der Waals surface area contributed by atoms with E-state index in [0.29, 0.717) is 21.9 Å². The van der Waals surface area contributed by atoms with Crippen molar-refractivity contribution in [1.29, 1.82) is 0 Å². The van der Waals surface area contributed by atoms with Crippen LogP contribution in [0.15, 0.2) is 28.6 Å². The van der Waals surface area contributed by atoms with Crippen molar-refractivity contribution < 1.29 is 19.1 Å². The summed E-state index contributed by atoms with van der Waals surface area (Å²) in [7, 11) is 0. The van der Waals surface area contributed by atoms with Gasteiger partial charge in [0.2, 0.25) is 17.1 Å². The molecule has 10 heteroatoms. The minimum atomic E-state index is -0.852. The number of amides is 2. The Bertz CT molecular complexity index is 824. The van der Waals surface area contributed by atoms with Crippen LogP contribution < -0.4 is 20.1 Å². The van der Waals surface area contributed by atoms with Crippen LogP contribution in [0.1, 0.15) is 12.8 Å². The number of hydrogen-bond acceptors (Lipinski definition) is 9. The van der Waals surface area contributed by atoms with Crippen LogP contribution in [0.4, 0.5) is 5.13 Å². The number of benzene rings is 1. The zero-order valence-corrected chi connectivity index (χ0v) is 15.3. The van der Waals surface area contributed by atoms with E-state index < -0.39 is 17.9 Å². The lowest BCUT2D eigenvalue weighted by atomic mass is 10.2. The molecule has 0 saturated heterocycles. The number of hydrogen-bond donors (Lipinski definition) is 2. The van der Waals surface area contributed by atoms with Crippen molar-refractivity contribution in [2.45, 2.75) is 29.3 Å². The molecule has 4 rings (SSSR count). The molecule has 2 N–H and O–H groups in total. The number of ether oxygens (including phenoxy) is 2. The van der Waals surface area contributed by atoms with Crippen molar-refractivity contribution in [3.05, 3.63) is 24.3 Å². The molecule has 1 saturated carbocycles.